The Hall–Kier alpha value is -1.51. The predicted octanol–water partition coefficient (Wildman–Crippen LogP) is 2.48. The van der Waals surface area contributed by atoms with Crippen molar-refractivity contribution in [2.24, 2.45) is 4.99 Å². The number of benzene rings is 1. The van der Waals surface area contributed by atoms with Crippen molar-refractivity contribution in [3.63, 3.8) is 0 Å². The SMILES string of the molecule is O=C1N=C(N2CCOCC2)SC1=Cc1cc2c(cc1Br)OCO2. The fourth-order valence-corrected chi connectivity index (χ4v) is 3.87. The third-order valence-corrected chi connectivity index (χ3v) is 5.40. The van der Waals surface area contributed by atoms with Crippen molar-refractivity contribution in [3.05, 3.63) is 27.1 Å². The van der Waals surface area contributed by atoms with Gasteiger partial charge < -0.3 is 19.1 Å². The summed E-state index contributed by atoms with van der Waals surface area (Å²) in [6.45, 7) is 3.08. The molecule has 1 fully saturated rings. The standard InChI is InChI=1S/C15H13BrN2O4S/c16-10-7-12-11(21-8-22-12)5-9(10)6-13-14(19)17-15(23-13)18-1-3-20-4-2-18/h5-7H,1-4,8H2. The van der Waals surface area contributed by atoms with Gasteiger partial charge >= 0.3 is 0 Å². The van der Waals surface area contributed by atoms with Gasteiger partial charge in [-0.1, -0.05) is 15.9 Å². The number of fused-ring (bicyclic) bond motifs is 1. The first-order chi connectivity index (χ1) is 11.2. The summed E-state index contributed by atoms with van der Waals surface area (Å²) in [5.74, 6) is 1.18. The van der Waals surface area contributed by atoms with E-state index in [-0.39, 0.29) is 12.7 Å². The molecular weight excluding hydrogens is 384 g/mol. The van der Waals surface area contributed by atoms with Crippen LogP contribution in [0.5, 0.6) is 11.5 Å². The van der Waals surface area contributed by atoms with Gasteiger partial charge in [-0.25, -0.2) is 0 Å². The molecule has 0 saturated carbocycles. The van der Waals surface area contributed by atoms with Crippen LogP contribution in [0.2, 0.25) is 0 Å². The van der Waals surface area contributed by atoms with E-state index in [0.29, 0.717) is 29.6 Å². The van der Waals surface area contributed by atoms with Crippen LogP contribution in [0.1, 0.15) is 5.56 Å². The van der Waals surface area contributed by atoms with E-state index in [1.807, 2.05) is 18.2 Å². The van der Waals surface area contributed by atoms with Crippen molar-refractivity contribution in [2.75, 3.05) is 33.1 Å². The van der Waals surface area contributed by atoms with E-state index < -0.39 is 0 Å². The number of carbonyl (C=O) groups excluding carboxylic acids is 1. The molecule has 8 heteroatoms. The normalized spacial score (nSPS) is 22.0. The van der Waals surface area contributed by atoms with Crippen molar-refractivity contribution >= 4 is 44.8 Å². The van der Waals surface area contributed by atoms with Gasteiger partial charge in [-0.15, -0.1) is 0 Å². The lowest BCUT2D eigenvalue weighted by Gasteiger charge is -2.27. The van der Waals surface area contributed by atoms with E-state index in [0.717, 1.165) is 28.3 Å². The van der Waals surface area contributed by atoms with Crippen molar-refractivity contribution in [3.8, 4) is 11.5 Å². The minimum absolute atomic E-state index is 0.207. The first-order valence-electron chi connectivity index (χ1n) is 7.15. The van der Waals surface area contributed by atoms with E-state index in [2.05, 4.69) is 25.8 Å². The zero-order chi connectivity index (χ0) is 15.8. The highest BCUT2D eigenvalue weighted by Crippen LogP contribution is 2.39. The number of rotatable bonds is 1. The Morgan fingerprint density at radius 1 is 1.22 bits per heavy atom. The lowest BCUT2D eigenvalue weighted by Crippen LogP contribution is -2.38. The lowest BCUT2D eigenvalue weighted by molar-refractivity contribution is -0.113. The quantitative estimate of drug-likeness (QED) is 0.679. The molecule has 1 aromatic rings. The topological polar surface area (TPSA) is 60.4 Å². The van der Waals surface area contributed by atoms with Gasteiger partial charge in [0.25, 0.3) is 5.91 Å². The molecule has 0 aliphatic carbocycles. The Kier molecular flexibility index (Phi) is 4.04. The summed E-state index contributed by atoms with van der Waals surface area (Å²) in [6.07, 6.45) is 1.83. The van der Waals surface area contributed by atoms with Crippen molar-refractivity contribution in [2.45, 2.75) is 0 Å². The van der Waals surface area contributed by atoms with Crippen LogP contribution in [0.25, 0.3) is 6.08 Å². The number of hydrogen-bond donors (Lipinski definition) is 0. The van der Waals surface area contributed by atoms with E-state index in [9.17, 15) is 4.79 Å². The fraction of sp³-hybridized carbons (Fsp3) is 0.333. The maximum atomic E-state index is 12.2. The average Bonchev–Trinajstić information content (AvgIpc) is 3.15. The molecule has 0 radical (unpaired) electrons. The monoisotopic (exact) mass is 396 g/mol. The number of thioether (sulfide) groups is 1. The molecule has 0 bridgehead atoms. The molecule has 6 nitrogen and oxygen atoms in total. The summed E-state index contributed by atoms with van der Waals surface area (Å²) in [5.41, 5.74) is 0.864. The highest BCUT2D eigenvalue weighted by Gasteiger charge is 2.27. The summed E-state index contributed by atoms with van der Waals surface area (Å²) in [5, 5.41) is 0.751. The van der Waals surface area contributed by atoms with Crippen LogP contribution >= 0.6 is 27.7 Å². The Labute approximate surface area is 145 Å². The highest BCUT2D eigenvalue weighted by molar-refractivity contribution is 9.10. The summed E-state index contributed by atoms with van der Waals surface area (Å²) in [4.78, 5) is 19.0. The van der Waals surface area contributed by atoms with E-state index in [1.165, 1.54) is 11.8 Å². The number of nitrogens with zero attached hydrogens (tertiary/aromatic N) is 2. The second-order valence-corrected chi connectivity index (χ2v) is 7.00. The van der Waals surface area contributed by atoms with Crippen LogP contribution in [-0.4, -0.2) is 49.1 Å². The van der Waals surface area contributed by atoms with E-state index in [1.54, 1.807) is 0 Å². The molecule has 0 atom stereocenters. The second-order valence-electron chi connectivity index (χ2n) is 5.14. The maximum absolute atomic E-state index is 12.2. The molecule has 0 N–H and O–H groups in total. The molecule has 0 unspecified atom stereocenters. The molecule has 0 aromatic heterocycles. The van der Waals surface area contributed by atoms with Crippen molar-refractivity contribution in [1.29, 1.82) is 0 Å². The molecule has 0 spiro atoms. The Balaban J connectivity index is 1.57. The van der Waals surface area contributed by atoms with Gasteiger partial charge in [-0.05, 0) is 35.5 Å². The molecule has 1 aromatic carbocycles. The molecule has 1 saturated heterocycles. The molecule has 3 heterocycles. The number of amides is 1. The Bertz CT molecular complexity index is 728. The molecule has 4 rings (SSSR count). The van der Waals surface area contributed by atoms with Gasteiger partial charge in [-0.2, -0.15) is 4.99 Å². The van der Waals surface area contributed by atoms with Gasteiger partial charge in [-0.3, -0.25) is 4.79 Å². The first-order valence-corrected chi connectivity index (χ1v) is 8.76. The van der Waals surface area contributed by atoms with Gasteiger partial charge in [0, 0.05) is 17.6 Å². The van der Waals surface area contributed by atoms with Crippen LogP contribution in [-0.2, 0) is 9.53 Å². The summed E-state index contributed by atoms with van der Waals surface area (Å²) >= 11 is 4.90. The smallest absolute Gasteiger partial charge is 0.286 e. The van der Waals surface area contributed by atoms with Crippen LogP contribution in [0.3, 0.4) is 0 Å². The molecule has 23 heavy (non-hydrogen) atoms. The maximum Gasteiger partial charge on any atom is 0.286 e. The van der Waals surface area contributed by atoms with Gasteiger partial charge in [0.05, 0.1) is 18.1 Å². The summed E-state index contributed by atoms with van der Waals surface area (Å²) in [6, 6.07) is 3.71. The van der Waals surface area contributed by atoms with E-state index in [4.69, 9.17) is 14.2 Å². The molecule has 3 aliphatic rings. The number of amidine groups is 1. The largest absolute Gasteiger partial charge is 0.454 e. The van der Waals surface area contributed by atoms with Gasteiger partial charge in [0.1, 0.15) is 0 Å². The molecular formula is C15H13BrN2O4S. The van der Waals surface area contributed by atoms with Crippen LogP contribution in [0.15, 0.2) is 26.5 Å². The third-order valence-electron chi connectivity index (χ3n) is 3.67. The van der Waals surface area contributed by atoms with Crippen molar-refractivity contribution < 1.29 is 19.0 Å². The molecule has 1 amide bonds. The summed E-state index contributed by atoms with van der Waals surface area (Å²) in [7, 11) is 0. The number of hydrogen-bond acceptors (Lipinski definition) is 6. The lowest BCUT2D eigenvalue weighted by atomic mass is 10.2. The zero-order valence-electron chi connectivity index (χ0n) is 12.1. The summed E-state index contributed by atoms with van der Waals surface area (Å²) < 4.78 is 16.9. The number of aliphatic imine (C=N–C) groups is 1. The van der Waals surface area contributed by atoms with E-state index >= 15 is 0 Å². The number of ether oxygens (including phenoxy) is 3. The number of carbonyl (C=O) groups is 1. The minimum atomic E-state index is -0.207. The predicted molar refractivity (Wildman–Crippen MR) is 90.7 cm³/mol. The third kappa shape index (κ3) is 2.98. The Morgan fingerprint density at radius 3 is 2.74 bits per heavy atom. The molecule has 120 valence electrons. The number of morpholine rings is 1. The second kappa shape index (κ2) is 6.18. The molecule has 3 aliphatic heterocycles. The highest BCUT2D eigenvalue weighted by atomic mass is 79.9. The fourth-order valence-electron chi connectivity index (χ4n) is 2.47. The zero-order valence-corrected chi connectivity index (χ0v) is 14.5. The minimum Gasteiger partial charge on any atom is -0.454 e. The average molecular weight is 397 g/mol. The van der Waals surface area contributed by atoms with Gasteiger partial charge in [0.15, 0.2) is 16.7 Å². The van der Waals surface area contributed by atoms with Crippen LogP contribution in [0, 0.1) is 0 Å². The van der Waals surface area contributed by atoms with Crippen LogP contribution in [0.4, 0.5) is 0 Å². The van der Waals surface area contributed by atoms with Crippen molar-refractivity contribution in [1.82, 2.24) is 4.90 Å². The first kappa shape index (κ1) is 15.0. The van der Waals surface area contributed by atoms with Crippen LogP contribution < -0.4 is 9.47 Å². The Morgan fingerprint density at radius 2 is 1.96 bits per heavy atom. The number of halogens is 1. The van der Waals surface area contributed by atoms with Gasteiger partial charge in [0.2, 0.25) is 6.79 Å².